The average molecular weight is 249 g/mol. The quantitative estimate of drug-likeness (QED) is 0.633. The van der Waals surface area contributed by atoms with Crippen molar-refractivity contribution in [2.45, 2.75) is 4.90 Å². The number of hydrogen-bond acceptors (Lipinski definition) is 3. The molecular weight excluding hydrogens is 234 g/mol. The minimum absolute atomic E-state index is 0.963. The molecule has 3 heteroatoms. The van der Waals surface area contributed by atoms with E-state index in [1.165, 1.54) is 9.92 Å². The molecule has 16 heavy (non-hydrogen) atoms. The fourth-order valence-electron chi connectivity index (χ4n) is 1.37. The van der Waals surface area contributed by atoms with Crippen molar-refractivity contribution in [2.75, 3.05) is 18.1 Å². The van der Waals surface area contributed by atoms with E-state index in [0.29, 0.717) is 0 Å². The summed E-state index contributed by atoms with van der Waals surface area (Å²) in [6.07, 6.45) is 6.38. The number of hydrogen-bond donors (Lipinski definition) is 1. The highest BCUT2D eigenvalue weighted by Gasteiger charge is 1.99. The summed E-state index contributed by atoms with van der Waals surface area (Å²) in [6, 6.07) is 10.6. The van der Waals surface area contributed by atoms with Gasteiger partial charge in [0.25, 0.3) is 0 Å². The summed E-state index contributed by atoms with van der Waals surface area (Å²) >= 11 is 3.81. The van der Waals surface area contributed by atoms with Crippen LogP contribution >= 0.6 is 23.5 Å². The van der Waals surface area contributed by atoms with Crippen molar-refractivity contribution in [3.63, 3.8) is 0 Å². The van der Waals surface area contributed by atoms with Crippen LogP contribution in [0.1, 0.15) is 0 Å². The Bertz CT molecular complexity index is 371. The molecule has 2 rings (SSSR count). The first-order valence-corrected chi connectivity index (χ1v) is 7.33. The molecule has 1 nitrogen and oxygen atoms in total. The van der Waals surface area contributed by atoms with Gasteiger partial charge in [0.05, 0.1) is 5.03 Å². The maximum Gasteiger partial charge on any atom is 0.0683 e. The van der Waals surface area contributed by atoms with Crippen molar-refractivity contribution in [1.29, 1.82) is 0 Å². The van der Waals surface area contributed by atoms with Crippen molar-refractivity contribution < 1.29 is 0 Å². The van der Waals surface area contributed by atoms with Gasteiger partial charge in [-0.1, -0.05) is 30.4 Å². The minimum atomic E-state index is 0.963. The molecule has 0 saturated carbocycles. The van der Waals surface area contributed by atoms with Gasteiger partial charge in [0.1, 0.15) is 0 Å². The molecule has 0 unspecified atom stereocenters. The van der Waals surface area contributed by atoms with E-state index in [-0.39, 0.29) is 0 Å². The van der Waals surface area contributed by atoms with Crippen LogP contribution in [0.4, 0.5) is 0 Å². The lowest BCUT2D eigenvalue weighted by Gasteiger charge is -2.10. The molecule has 1 aliphatic heterocycles. The van der Waals surface area contributed by atoms with E-state index in [1.807, 2.05) is 23.5 Å². The molecule has 0 atom stereocenters. The first-order valence-electron chi connectivity index (χ1n) is 5.36. The van der Waals surface area contributed by atoms with Gasteiger partial charge >= 0.3 is 0 Å². The van der Waals surface area contributed by atoms with E-state index in [0.717, 1.165) is 18.1 Å². The summed E-state index contributed by atoms with van der Waals surface area (Å²) in [4.78, 5) is 1.36. The largest absolute Gasteiger partial charge is 0.376 e. The molecule has 0 saturated heterocycles. The van der Waals surface area contributed by atoms with Gasteiger partial charge in [0, 0.05) is 22.9 Å². The highest BCUT2D eigenvalue weighted by Crippen LogP contribution is 2.21. The van der Waals surface area contributed by atoms with Crippen molar-refractivity contribution in [3.05, 3.63) is 53.6 Å². The second kappa shape index (κ2) is 6.71. The maximum atomic E-state index is 3.35. The Morgan fingerprint density at radius 1 is 1.06 bits per heavy atom. The van der Waals surface area contributed by atoms with E-state index < -0.39 is 0 Å². The summed E-state index contributed by atoms with van der Waals surface area (Å²) in [5.74, 6) is 2.30. The molecule has 0 spiro atoms. The number of nitrogens with one attached hydrogen (secondary N) is 1. The number of benzene rings is 1. The van der Waals surface area contributed by atoms with Crippen LogP contribution in [0.25, 0.3) is 0 Å². The molecule has 0 aliphatic carbocycles. The lowest BCUT2D eigenvalue weighted by Crippen LogP contribution is -2.13. The van der Waals surface area contributed by atoms with E-state index in [4.69, 9.17) is 0 Å². The van der Waals surface area contributed by atoms with Gasteiger partial charge in [-0.25, -0.2) is 0 Å². The second-order valence-electron chi connectivity index (χ2n) is 3.35. The summed E-state index contributed by atoms with van der Waals surface area (Å²) in [5.41, 5.74) is 0. The monoisotopic (exact) mass is 249 g/mol. The predicted octanol–water partition coefficient (Wildman–Crippen LogP) is 3.51. The molecule has 84 valence electrons. The Labute approximate surface area is 105 Å². The average Bonchev–Trinajstić information content (AvgIpc) is 2.37. The second-order valence-corrected chi connectivity index (χ2v) is 5.66. The lowest BCUT2D eigenvalue weighted by molar-refractivity contribution is 0.953. The topological polar surface area (TPSA) is 12.0 Å². The Hall–Kier alpha value is -0.800. The molecule has 1 N–H and O–H groups in total. The zero-order valence-electron chi connectivity index (χ0n) is 9.06. The zero-order valence-corrected chi connectivity index (χ0v) is 10.7. The predicted molar refractivity (Wildman–Crippen MR) is 74.8 cm³/mol. The lowest BCUT2D eigenvalue weighted by atomic mass is 10.4. The number of allylic oxidation sites excluding steroid dienone is 2. The number of dihydropyridines is 1. The summed E-state index contributed by atoms with van der Waals surface area (Å²) in [5, 5.41) is 4.63. The van der Waals surface area contributed by atoms with Gasteiger partial charge < -0.3 is 5.32 Å². The normalized spacial score (nSPS) is 14.4. The van der Waals surface area contributed by atoms with Crippen LogP contribution in [-0.2, 0) is 0 Å². The van der Waals surface area contributed by atoms with Crippen molar-refractivity contribution in [3.8, 4) is 0 Å². The molecule has 0 radical (unpaired) electrons. The molecule has 1 heterocycles. The van der Waals surface area contributed by atoms with Crippen LogP contribution in [0.2, 0.25) is 0 Å². The van der Waals surface area contributed by atoms with Gasteiger partial charge in [0.15, 0.2) is 0 Å². The minimum Gasteiger partial charge on any atom is -0.376 e. The van der Waals surface area contributed by atoms with Crippen molar-refractivity contribution in [1.82, 2.24) is 5.32 Å². The summed E-state index contributed by atoms with van der Waals surface area (Å²) in [6.45, 7) is 0.963. The molecule has 0 amide bonds. The van der Waals surface area contributed by atoms with E-state index in [1.54, 1.807) is 0 Å². The molecule has 0 bridgehead atoms. The fourth-order valence-corrected chi connectivity index (χ4v) is 3.20. The van der Waals surface area contributed by atoms with Crippen LogP contribution in [-0.4, -0.2) is 18.1 Å². The first kappa shape index (κ1) is 11.7. The van der Waals surface area contributed by atoms with Crippen molar-refractivity contribution >= 4 is 23.5 Å². The Kier molecular flexibility index (Phi) is 4.90. The Balaban J connectivity index is 1.65. The van der Waals surface area contributed by atoms with Gasteiger partial charge in [-0.2, -0.15) is 0 Å². The molecule has 1 aliphatic rings. The van der Waals surface area contributed by atoms with Gasteiger partial charge in [-0.3, -0.25) is 0 Å². The van der Waals surface area contributed by atoms with Gasteiger partial charge in [-0.05, 0) is 18.2 Å². The van der Waals surface area contributed by atoms with Crippen molar-refractivity contribution in [2.24, 2.45) is 0 Å². The van der Waals surface area contributed by atoms with E-state index in [9.17, 15) is 0 Å². The number of rotatable bonds is 5. The third-order valence-electron chi connectivity index (χ3n) is 2.13. The SMILES string of the molecule is C1=CCNC(SCCSc2ccccc2)=C1. The third kappa shape index (κ3) is 3.99. The molecule has 1 aromatic carbocycles. The highest BCUT2D eigenvalue weighted by molar-refractivity contribution is 8.05. The summed E-state index contributed by atoms with van der Waals surface area (Å²) < 4.78 is 0. The molecule has 1 aromatic rings. The Morgan fingerprint density at radius 3 is 2.62 bits per heavy atom. The smallest absolute Gasteiger partial charge is 0.0683 e. The van der Waals surface area contributed by atoms with Crippen LogP contribution in [0.3, 0.4) is 0 Å². The zero-order chi connectivity index (χ0) is 11.1. The third-order valence-corrected chi connectivity index (χ3v) is 4.40. The van der Waals surface area contributed by atoms with Gasteiger partial charge in [0.2, 0.25) is 0 Å². The Morgan fingerprint density at radius 2 is 1.88 bits per heavy atom. The van der Waals surface area contributed by atoms with E-state index in [2.05, 4.69) is 53.9 Å². The molecule has 0 fully saturated rings. The highest BCUT2D eigenvalue weighted by atomic mass is 32.2. The van der Waals surface area contributed by atoms with Crippen LogP contribution < -0.4 is 5.32 Å². The van der Waals surface area contributed by atoms with E-state index >= 15 is 0 Å². The van der Waals surface area contributed by atoms with Crippen LogP contribution in [0, 0.1) is 0 Å². The standard InChI is InChI=1S/C13H15NS2/c1-2-6-12(7-3-1)15-10-11-16-13-8-4-5-9-14-13/h1-8,14H,9-11H2. The fraction of sp³-hybridized carbons (Fsp3) is 0.231. The number of thioether (sulfide) groups is 2. The summed E-state index contributed by atoms with van der Waals surface area (Å²) in [7, 11) is 0. The first-order chi connectivity index (χ1) is 7.95. The molecule has 0 aromatic heterocycles. The van der Waals surface area contributed by atoms with Gasteiger partial charge in [-0.15, -0.1) is 23.5 Å². The van der Waals surface area contributed by atoms with Crippen LogP contribution in [0.5, 0.6) is 0 Å². The molecular formula is C13H15NS2. The van der Waals surface area contributed by atoms with Crippen LogP contribution in [0.15, 0.2) is 58.5 Å². The maximum absolute atomic E-state index is 3.35.